The standard InChI is InChI=1S/C28H38ClN5O4/c1-3-4-5-15-38-25-18-22(7-8-24(25)36-2)34-13-6-12-33(28(34)35)19-21-9-11-31-27-26(21)23(29)20-32(27)14-17-37-16-10-30/h7-9,11,18,20H,3-6,10,12-17,19,30H2,1-2H3. The highest BCUT2D eigenvalue weighted by Crippen LogP contribution is 2.34. The lowest BCUT2D eigenvalue weighted by Gasteiger charge is -2.36. The van der Waals surface area contributed by atoms with Crippen molar-refractivity contribution in [1.29, 1.82) is 0 Å². The Labute approximate surface area is 229 Å². The number of unbranched alkanes of at least 4 members (excludes halogenated alkanes) is 2. The number of rotatable bonds is 14. The van der Waals surface area contributed by atoms with Crippen molar-refractivity contribution in [3.8, 4) is 11.5 Å². The molecule has 0 atom stereocenters. The van der Waals surface area contributed by atoms with E-state index in [9.17, 15) is 4.79 Å². The molecule has 0 aliphatic carbocycles. The van der Waals surface area contributed by atoms with Crippen LogP contribution in [0.2, 0.25) is 5.02 Å². The molecular weight excluding hydrogens is 506 g/mol. The first-order chi connectivity index (χ1) is 18.6. The van der Waals surface area contributed by atoms with Crippen LogP contribution in [-0.2, 0) is 17.8 Å². The van der Waals surface area contributed by atoms with Gasteiger partial charge in [0.15, 0.2) is 11.5 Å². The van der Waals surface area contributed by atoms with E-state index in [1.165, 1.54) is 0 Å². The van der Waals surface area contributed by atoms with Crippen LogP contribution in [0.1, 0.15) is 38.2 Å². The Morgan fingerprint density at radius 3 is 2.76 bits per heavy atom. The van der Waals surface area contributed by atoms with Gasteiger partial charge in [0.1, 0.15) is 5.65 Å². The molecule has 3 aromatic rings. The summed E-state index contributed by atoms with van der Waals surface area (Å²) in [5, 5.41) is 1.48. The van der Waals surface area contributed by atoms with Crippen molar-refractivity contribution >= 4 is 34.4 Å². The highest BCUT2D eigenvalue weighted by Gasteiger charge is 2.28. The summed E-state index contributed by atoms with van der Waals surface area (Å²) < 4.78 is 19.0. The molecule has 1 aromatic carbocycles. The lowest BCUT2D eigenvalue weighted by molar-refractivity contribution is 0.134. The van der Waals surface area contributed by atoms with Crippen LogP contribution in [0, 0.1) is 0 Å². The van der Waals surface area contributed by atoms with E-state index in [1.54, 1.807) is 13.3 Å². The number of hydrogen-bond acceptors (Lipinski definition) is 6. The van der Waals surface area contributed by atoms with E-state index >= 15 is 0 Å². The maximum Gasteiger partial charge on any atom is 0.324 e. The highest BCUT2D eigenvalue weighted by molar-refractivity contribution is 6.35. The summed E-state index contributed by atoms with van der Waals surface area (Å²) in [5.41, 5.74) is 8.05. The smallest absolute Gasteiger partial charge is 0.324 e. The monoisotopic (exact) mass is 543 g/mol. The molecule has 1 saturated heterocycles. The van der Waals surface area contributed by atoms with Crippen molar-refractivity contribution in [2.24, 2.45) is 5.73 Å². The van der Waals surface area contributed by atoms with Crippen molar-refractivity contribution in [1.82, 2.24) is 14.5 Å². The second kappa shape index (κ2) is 13.7. The van der Waals surface area contributed by atoms with Gasteiger partial charge in [-0.1, -0.05) is 31.4 Å². The molecule has 0 spiro atoms. The molecule has 3 heterocycles. The normalized spacial score (nSPS) is 13.9. The van der Waals surface area contributed by atoms with Gasteiger partial charge in [0.2, 0.25) is 0 Å². The van der Waals surface area contributed by atoms with Crippen molar-refractivity contribution < 1.29 is 19.0 Å². The summed E-state index contributed by atoms with van der Waals surface area (Å²) in [6.07, 6.45) is 7.71. The minimum absolute atomic E-state index is 0.0472. The lowest BCUT2D eigenvalue weighted by Crippen LogP contribution is -2.49. The summed E-state index contributed by atoms with van der Waals surface area (Å²) in [6, 6.07) is 7.57. The van der Waals surface area contributed by atoms with E-state index in [0.717, 1.165) is 48.0 Å². The number of nitrogens with zero attached hydrogens (tertiary/aromatic N) is 4. The number of anilines is 1. The van der Waals surface area contributed by atoms with Gasteiger partial charge in [-0.05, 0) is 36.6 Å². The van der Waals surface area contributed by atoms with Gasteiger partial charge in [-0.15, -0.1) is 0 Å². The van der Waals surface area contributed by atoms with Crippen LogP contribution in [0.25, 0.3) is 11.0 Å². The Bertz CT molecular complexity index is 1220. The number of nitrogens with two attached hydrogens (primary N) is 1. The number of urea groups is 1. The van der Waals surface area contributed by atoms with Crippen molar-refractivity contribution in [3.63, 3.8) is 0 Å². The summed E-state index contributed by atoms with van der Waals surface area (Å²) in [4.78, 5) is 21.9. The first-order valence-electron chi connectivity index (χ1n) is 13.3. The molecule has 38 heavy (non-hydrogen) atoms. The molecule has 2 N–H and O–H groups in total. The fourth-order valence-electron chi connectivity index (χ4n) is 4.73. The quantitative estimate of drug-likeness (QED) is 0.285. The molecule has 2 aromatic heterocycles. The average Bonchev–Trinajstić information content (AvgIpc) is 3.26. The van der Waals surface area contributed by atoms with Crippen molar-refractivity contribution in [2.45, 2.75) is 45.7 Å². The molecule has 4 rings (SSSR count). The molecular formula is C28H38ClN5O4. The van der Waals surface area contributed by atoms with Gasteiger partial charge in [0.05, 0.1) is 32.0 Å². The molecule has 0 radical (unpaired) electrons. The molecule has 0 unspecified atom stereocenters. The zero-order valence-electron chi connectivity index (χ0n) is 22.3. The summed E-state index contributed by atoms with van der Waals surface area (Å²) >= 11 is 6.65. The van der Waals surface area contributed by atoms with Crippen LogP contribution < -0.4 is 20.1 Å². The zero-order chi connectivity index (χ0) is 26.9. The predicted octanol–water partition coefficient (Wildman–Crippen LogP) is 5.07. The molecule has 2 amide bonds. The molecule has 1 fully saturated rings. The molecule has 9 nitrogen and oxygen atoms in total. The largest absolute Gasteiger partial charge is 0.493 e. The maximum atomic E-state index is 13.6. The lowest BCUT2D eigenvalue weighted by atomic mass is 10.1. The Kier molecular flexibility index (Phi) is 10.1. The summed E-state index contributed by atoms with van der Waals surface area (Å²) in [6.45, 7) is 6.67. The maximum absolute atomic E-state index is 13.6. The molecule has 0 saturated carbocycles. The molecule has 206 valence electrons. The number of methoxy groups -OCH3 is 1. The number of fused-ring (bicyclic) bond motifs is 1. The second-order valence-electron chi connectivity index (χ2n) is 9.34. The Hall–Kier alpha value is -3.01. The van der Waals surface area contributed by atoms with Crippen LogP contribution in [0.5, 0.6) is 11.5 Å². The van der Waals surface area contributed by atoms with E-state index in [1.807, 2.05) is 44.8 Å². The first-order valence-corrected chi connectivity index (χ1v) is 13.7. The van der Waals surface area contributed by atoms with Gasteiger partial charge in [-0.25, -0.2) is 9.78 Å². The zero-order valence-corrected chi connectivity index (χ0v) is 23.1. The van der Waals surface area contributed by atoms with E-state index in [2.05, 4.69) is 11.9 Å². The molecule has 0 bridgehead atoms. The van der Waals surface area contributed by atoms with Crippen LogP contribution >= 0.6 is 11.6 Å². The highest BCUT2D eigenvalue weighted by atomic mass is 35.5. The van der Waals surface area contributed by atoms with E-state index in [-0.39, 0.29) is 6.03 Å². The number of hydrogen-bond donors (Lipinski definition) is 1. The Balaban J connectivity index is 1.50. The third-order valence-corrected chi connectivity index (χ3v) is 6.96. The summed E-state index contributed by atoms with van der Waals surface area (Å²) in [5.74, 6) is 1.32. The third-order valence-electron chi connectivity index (χ3n) is 6.67. The molecule has 10 heteroatoms. The predicted molar refractivity (Wildman–Crippen MR) is 150 cm³/mol. The minimum Gasteiger partial charge on any atom is -0.493 e. The fraction of sp³-hybridized carbons (Fsp3) is 0.500. The number of aromatic nitrogens is 2. The third kappa shape index (κ3) is 6.51. The van der Waals surface area contributed by atoms with Gasteiger partial charge in [-0.3, -0.25) is 4.90 Å². The van der Waals surface area contributed by atoms with Gasteiger partial charge < -0.3 is 29.4 Å². The molecule has 1 aliphatic rings. The number of benzene rings is 1. The number of carbonyl (C=O) groups excluding carboxylic acids is 1. The molecule has 1 aliphatic heterocycles. The van der Waals surface area contributed by atoms with E-state index in [4.69, 9.17) is 31.5 Å². The van der Waals surface area contributed by atoms with Crippen LogP contribution in [0.3, 0.4) is 0 Å². The second-order valence-corrected chi connectivity index (χ2v) is 9.75. The number of ether oxygens (including phenoxy) is 3. The van der Waals surface area contributed by atoms with Crippen LogP contribution in [0.4, 0.5) is 10.5 Å². The van der Waals surface area contributed by atoms with E-state index < -0.39 is 0 Å². The van der Waals surface area contributed by atoms with Crippen LogP contribution in [0.15, 0.2) is 36.7 Å². The Morgan fingerprint density at radius 1 is 1.11 bits per heavy atom. The number of pyridine rings is 1. The van der Waals surface area contributed by atoms with Gasteiger partial charge in [0, 0.05) is 62.3 Å². The Morgan fingerprint density at radius 2 is 1.97 bits per heavy atom. The first kappa shape index (κ1) is 28.0. The topological polar surface area (TPSA) is 95.1 Å². The number of amides is 2. The fourth-order valence-corrected chi connectivity index (χ4v) is 5.06. The minimum atomic E-state index is -0.0472. The summed E-state index contributed by atoms with van der Waals surface area (Å²) in [7, 11) is 1.63. The number of carbonyl (C=O) groups is 1. The number of halogens is 1. The van der Waals surface area contributed by atoms with Gasteiger partial charge in [-0.2, -0.15) is 0 Å². The van der Waals surface area contributed by atoms with Crippen molar-refractivity contribution in [3.05, 3.63) is 47.2 Å². The van der Waals surface area contributed by atoms with Gasteiger partial charge >= 0.3 is 6.03 Å². The van der Waals surface area contributed by atoms with Crippen molar-refractivity contribution in [2.75, 3.05) is 51.5 Å². The SMILES string of the molecule is CCCCCOc1cc(N2CCCN(Cc3ccnc4c3c(Cl)cn4CCOCCN)C2=O)ccc1OC. The van der Waals surface area contributed by atoms with Crippen LogP contribution in [-0.4, -0.2) is 67.0 Å². The van der Waals surface area contributed by atoms with E-state index in [0.29, 0.717) is 69.1 Å². The average molecular weight is 544 g/mol. The van der Waals surface area contributed by atoms with Gasteiger partial charge in [0.25, 0.3) is 0 Å².